The molecule has 2 fully saturated rings. The van der Waals surface area contributed by atoms with Gasteiger partial charge in [-0.1, -0.05) is 85.5 Å². The Morgan fingerprint density at radius 3 is 1.65 bits per heavy atom. The highest BCUT2D eigenvalue weighted by Crippen LogP contribution is 2.41. The molecule has 31 heavy (non-hydrogen) atoms. The van der Waals surface area contributed by atoms with E-state index in [0.717, 1.165) is 41.4 Å². The summed E-state index contributed by atoms with van der Waals surface area (Å²) in [5, 5.41) is 0. The minimum absolute atomic E-state index is 0.685. The number of hydrogen-bond donors (Lipinski definition) is 0. The first kappa shape index (κ1) is 28.5. The SMILES string of the molecule is C/C=C/C1CCC(C2CCC(C)CC2)CC1.C=CC(C)CCC(C)C(C)CCC(C)C. The molecule has 2 saturated carbocycles. The third kappa shape index (κ3) is 12.3. The predicted octanol–water partition coefficient (Wildman–Crippen LogP) is 10.5. The molecule has 0 aliphatic heterocycles. The summed E-state index contributed by atoms with van der Waals surface area (Å²) < 4.78 is 0. The van der Waals surface area contributed by atoms with Gasteiger partial charge in [0, 0.05) is 0 Å². The summed E-state index contributed by atoms with van der Waals surface area (Å²) in [6.45, 7) is 20.1. The van der Waals surface area contributed by atoms with Crippen molar-refractivity contribution < 1.29 is 0 Å². The van der Waals surface area contributed by atoms with Crippen LogP contribution in [0, 0.1) is 47.3 Å². The van der Waals surface area contributed by atoms with Gasteiger partial charge in [0.1, 0.15) is 0 Å². The molecule has 3 atom stereocenters. The molecular weight excluding hydrogens is 372 g/mol. The van der Waals surface area contributed by atoms with Gasteiger partial charge in [-0.05, 0) is 106 Å². The van der Waals surface area contributed by atoms with Crippen LogP contribution in [0.3, 0.4) is 0 Å². The molecule has 0 amide bonds. The van der Waals surface area contributed by atoms with Gasteiger partial charge < -0.3 is 0 Å². The molecule has 0 nitrogen and oxygen atoms in total. The maximum absolute atomic E-state index is 3.84. The Kier molecular flexibility index (Phi) is 14.9. The van der Waals surface area contributed by atoms with Crippen LogP contribution >= 0.6 is 0 Å². The molecule has 0 heterocycles. The average molecular weight is 431 g/mol. The molecule has 0 aromatic carbocycles. The normalized spacial score (nSPS) is 29.8. The molecule has 2 aliphatic carbocycles. The van der Waals surface area contributed by atoms with Gasteiger partial charge in [0.25, 0.3) is 0 Å². The maximum Gasteiger partial charge on any atom is -0.0233 e. The monoisotopic (exact) mass is 430 g/mol. The van der Waals surface area contributed by atoms with Crippen molar-refractivity contribution >= 4 is 0 Å². The smallest absolute Gasteiger partial charge is 0.0233 e. The second-order valence-electron chi connectivity index (χ2n) is 11.9. The van der Waals surface area contributed by atoms with E-state index in [0.29, 0.717) is 5.92 Å². The molecule has 2 aliphatic rings. The Morgan fingerprint density at radius 1 is 0.710 bits per heavy atom. The molecular formula is C31H58. The zero-order valence-corrected chi connectivity index (χ0v) is 22.5. The zero-order chi connectivity index (χ0) is 23.2. The molecule has 2 rings (SSSR count). The molecule has 0 saturated heterocycles. The fourth-order valence-corrected chi connectivity index (χ4v) is 5.65. The lowest BCUT2D eigenvalue weighted by atomic mass is 9.69. The third-order valence-electron chi connectivity index (χ3n) is 8.66. The topological polar surface area (TPSA) is 0 Å². The Balaban J connectivity index is 0.000000311. The van der Waals surface area contributed by atoms with Crippen molar-refractivity contribution in [2.75, 3.05) is 0 Å². The Morgan fingerprint density at radius 2 is 1.19 bits per heavy atom. The van der Waals surface area contributed by atoms with Crippen LogP contribution in [0.1, 0.15) is 126 Å². The average Bonchev–Trinajstić information content (AvgIpc) is 2.77. The van der Waals surface area contributed by atoms with Crippen molar-refractivity contribution in [2.24, 2.45) is 47.3 Å². The van der Waals surface area contributed by atoms with E-state index in [-0.39, 0.29) is 0 Å². The van der Waals surface area contributed by atoms with Gasteiger partial charge >= 0.3 is 0 Å². The van der Waals surface area contributed by atoms with Crippen LogP contribution in [0.15, 0.2) is 24.8 Å². The standard InChI is InChI=1S/C16H28.C15H30/c1-3-4-14-7-11-16(12-8-14)15-9-5-13(2)6-10-15;1-7-13(4)9-11-15(6)14(5)10-8-12(2)3/h3-4,13-16H,5-12H2,1-2H3;7,12-15H,1,8-11H2,2-6H3/b4-3+;. The highest BCUT2D eigenvalue weighted by atomic mass is 14.3. The first-order valence-corrected chi connectivity index (χ1v) is 14.0. The molecule has 0 heteroatoms. The van der Waals surface area contributed by atoms with Crippen LogP contribution in [0.4, 0.5) is 0 Å². The van der Waals surface area contributed by atoms with Crippen molar-refractivity contribution in [2.45, 2.75) is 126 Å². The Bertz CT molecular complexity index is 456. The largest absolute Gasteiger partial charge is 0.103 e. The van der Waals surface area contributed by atoms with E-state index in [9.17, 15) is 0 Å². The van der Waals surface area contributed by atoms with Crippen LogP contribution in [-0.4, -0.2) is 0 Å². The van der Waals surface area contributed by atoms with E-state index in [1.54, 1.807) is 0 Å². The maximum atomic E-state index is 3.84. The van der Waals surface area contributed by atoms with Crippen LogP contribution in [0.25, 0.3) is 0 Å². The van der Waals surface area contributed by atoms with Crippen molar-refractivity contribution in [3.8, 4) is 0 Å². The van der Waals surface area contributed by atoms with E-state index in [1.165, 1.54) is 77.0 Å². The summed E-state index contributed by atoms with van der Waals surface area (Å²) in [5.41, 5.74) is 0. The predicted molar refractivity (Wildman–Crippen MR) is 142 cm³/mol. The van der Waals surface area contributed by atoms with Gasteiger partial charge in [0.05, 0.1) is 0 Å². The fourth-order valence-electron chi connectivity index (χ4n) is 5.65. The molecule has 0 N–H and O–H groups in total. The van der Waals surface area contributed by atoms with E-state index in [2.05, 4.69) is 73.3 Å². The number of allylic oxidation sites excluding steroid dienone is 3. The van der Waals surface area contributed by atoms with Gasteiger partial charge in [-0.3, -0.25) is 0 Å². The quantitative estimate of drug-likeness (QED) is 0.302. The third-order valence-corrected chi connectivity index (χ3v) is 8.66. The van der Waals surface area contributed by atoms with Gasteiger partial charge in [0.15, 0.2) is 0 Å². The Labute approximate surface area is 197 Å². The molecule has 0 radical (unpaired) electrons. The van der Waals surface area contributed by atoms with E-state index >= 15 is 0 Å². The summed E-state index contributed by atoms with van der Waals surface area (Å²) in [5.74, 6) is 7.36. The van der Waals surface area contributed by atoms with Gasteiger partial charge in [-0.2, -0.15) is 0 Å². The zero-order valence-electron chi connectivity index (χ0n) is 22.5. The highest BCUT2D eigenvalue weighted by Gasteiger charge is 2.29. The van der Waals surface area contributed by atoms with Crippen molar-refractivity contribution in [3.05, 3.63) is 24.8 Å². The molecule has 0 bridgehead atoms. The molecule has 0 aromatic heterocycles. The van der Waals surface area contributed by atoms with E-state index < -0.39 is 0 Å². The van der Waals surface area contributed by atoms with E-state index in [1.807, 2.05) is 0 Å². The summed E-state index contributed by atoms with van der Waals surface area (Å²) in [4.78, 5) is 0. The molecule has 182 valence electrons. The minimum Gasteiger partial charge on any atom is -0.103 e. The lowest BCUT2D eigenvalue weighted by Crippen LogP contribution is -2.24. The molecule has 3 unspecified atom stereocenters. The Hall–Kier alpha value is -0.520. The second-order valence-corrected chi connectivity index (χ2v) is 11.9. The van der Waals surface area contributed by atoms with Gasteiger partial charge in [-0.15, -0.1) is 6.58 Å². The van der Waals surface area contributed by atoms with Crippen molar-refractivity contribution in [3.63, 3.8) is 0 Å². The summed E-state index contributed by atoms with van der Waals surface area (Å²) in [7, 11) is 0. The van der Waals surface area contributed by atoms with Crippen LogP contribution in [0.2, 0.25) is 0 Å². The van der Waals surface area contributed by atoms with Crippen LogP contribution in [-0.2, 0) is 0 Å². The second kappa shape index (κ2) is 16.1. The minimum atomic E-state index is 0.685. The lowest BCUT2D eigenvalue weighted by molar-refractivity contribution is 0.160. The molecule has 0 aromatic rings. The lowest BCUT2D eigenvalue weighted by Gasteiger charge is -2.36. The van der Waals surface area contributed by atoms with Crippen molar-refractivity contribution in [1.29, 1.82) is 0 Å². The van der Waals surface area contributed by atoms with Gasteiger partial charge in [-0.25, -0.2) is 0 Å². The number of hydrogen-bond acceptors (Lipinski definition) is 0. The molecule has 0 spiro atoms. The van der Waals surface area contributed by atoms with Gasteiger partial charge in [0.2, 0.25) is 0 Å². The summed E-state index contributed by atoms with van der Waals surface area (Å²) in [6.07, 6.45) is 24.2. The summed E-state index contributed by atoms with van der Waals surface area (Å²) >= 11 is 0. The first-order valence-electron chi connectivity index (χ1n) is 14.0. The fraction of sp³-hybridized carbons (Fsp3) is 0.871. The van der Waals surface area contributed by atoms with Crippen molar-refractivity contribution in [1.82, 2.24) is 0 Å². The number of rotatable bonds is 10. The van der Waals surface area contributed by atoms with E-state index in [4.69, 9.17) is 0 Å². The van der Waals surface area contributed by atoms with Crippen LogP contribution < -0.4 is 0 Å². The first-order chi connectivity index (χ1) is 14.8. The summed E-state index contributed by atoms with van der Waals surface area (Å²) in [6, 6.07) is 0. The van der Waals surface area contributed by atoms with Crippen LogP contribution in [0.5, 0.6) is 0 Å². The highest BCUT2D eigenvalue weighted by molar-refractivity contribution is 4.90.